The van der Waals surface area contributed by atoms with E-state index in [-0.39, 0.29) is 12.3 Å². The second-order valence-electron chi connectivity index (χ2n) is 7.17. The Morgan fingerprint density at radius 3 is 2.93 bits per heavy atom. The summed E-state index contributed by atoms with van der Waals surface area (Å²) in [5, 5.41) is 17.1. The van der Waals surface area contributed by atoms with Gasteiger partial charge in [-0.1, -0.05) is 36.4 Å². The Labute approximate surface area is 158 Å². The first-order chi connectivity index (χ1) is 13.1. The SMILES string of the molecule is Cc1cccn2c(CC(=O)N[C@]3(c4ccccc4)CCNC[C@H]3O)cnc12. The number of aromatic nitrogens is 2. The van der Waals surface area contributed by atoms with Gasteiger partial charge in [-0.25, -0.2) is 4.98 Å². The van der Waals surface area contributed by atoms with Gasteiger partial charge in [0.2, 0.25) is 5.91 Å². The zero-order chi connectivity index (χ0) is 18.9. The minimum Gasteiger partial charge on any atom is -0.389 e. The number of nitrogens with zero attached hydrogens (tertiary/aromatic N) is 2. The number of imidazole rings is 1. The number of aryl methyl sites for hydroxylation is 1. The first-order valence-electron chi connectivity index (χ1n) is 9.27. The van der Waals surface area contributed by atoms with Crippen molar-refractivity contribution in [2.24, 2.45) is 0 Å². The molecule has 3 heterocycles. The van der Waals surface area contributed by atoms with Gasteiger partial charge in [-0.15, -0.1) is 0 Å². The van der Waals surface area contributed by atoms with Crippen molar-refractivity contribution in [1.82, 2.24) is 20.0 Å². The second kappa shape index (κ2) is 7.13. The van der Waals surface area contributed by atoms with Crippen LogP contribution in [0.5, 0.6) is 0 Å². The van der Waals surface area contributed by atoms with Gasteiger partial charge in [0.25, 0.3) is 0 Å². The number of hydrogen-bond donors (Lipinski definition) is 3. The van der Waals surface area contributed by atoms with E-state index >= 15 is 0 Å². The number of aliphatic hydroxyl groups is 1. The molecule has 27 heavy (non-hydrogen) atoms. The van der Waals surface area contributed by atoms with Gasteiger partial charge in [0.15, 0.2) is 0 Å². The minimum absolute atomic E-state index is 0.122. The van der Waals surface area contributed by atoms with Crippen molar-refractivity contribution in [2.75, 3.05) is 13.1 Å². The Kier molecular flexibility index (Phi) is 4.68. The van der Waals surface area contributed by atoms with Gasteiger partial charge in [-0.2, -0.15) is 0 Å². The van der Waals surface area contributed by atoms with Crippen LogP contribution in [-0.2, 0) is 16.8 Å². The number of piperidine rings is 1. The molecule has 1 fully saturated rings. The molecule has 1 saturated heterocycles. The van der Waals surface area contributed by atoms with Crippen LogP contribution in [0.2, 0.25) is 0 Å². The number of carbonyl (C=O) groups excluding carboxylic acids is 1. The number of pyridine rings is 1. The van der Waals surface area contributed by atoms with Crippen LogP contribution in [0.15, 0.2) is 54.9 Å². The lowest BCUT2D eigenvalue weighted by molar-refractivity contribution is -0.125. The number of aliphatic hydroxyl groups excluding tert-OH is 1. The van der Waals surface area contributed by atoms with Crippen molar-refractivity contribution >= 4 is 11.6 Å². The average Bonchev–Trinajstić information content (AvgIpc) is 3.08. The predicted molar refractivity (Wildman–Crippen MR) is 103 cm³/mol. The fraction of sp³-hybridized carbons (Fsp3) is 0.333. The van der Waals surface area contributed by atoms with Crippen molar-refractivity contribution in [3.63, 3.8) is 0 Å². The fourth-order valence-corrected chi connectivity index (χ4v) is 3.95. The molecule has 0 saturated carbocycles. The topological polar surface area (TPSA) is 78.7 Å². The van der Waals surface area contributed by atoms with Crippen LogP contribution in [0.3, 0.4) is 0 Å². The van der Waals surface area contributed by atoms with Gasteiger partial charge in [0, 0.05) is 18.9 Å². The summed E-state index contributed by atoms with van der Waals surface area (Å²) < 4.78 is 1.95. The Morgan fingerprint density at radius 2 is 2.15 bits per heavy atom. The third-order valence-corrected chi connectivity index (χ3v) is 5.40. The van der Waals surface area contributed by atoms with Crippen molar-refractivity contribution in [1.29, 1.82) is 0 Å². The van der Waals surface area contributed by atoms with Crippen LogP contribution in [0.4, 0.5) is 0 Å². The number of hydrogen-bond acceptors (Lipinski definition) is 4. The molecule has 1 aromatic carbocycles. The molecule has 0 unspecified atom stereocenters. The maximum atomic E-state index is 12.9. The van der Waals surface area contributed by atoms with E-state index in [0.717, 1.165) is 29.0 Å². The summed E-state index contributed by atoms with van der Waals surface area (Å²) in [5.74, 6) is -0.122. The normalized spacial score (nSPS) is 22.7. The summed E-state index contributed by atoms with van der Waals surface area (Å²) in [4.78, 5) is 17.4. The molecule has 140 valence electrons. The monoisotopic (exact) mass is 364 g/mol. The maximum absolute atomic E-state index is 12.9. The third-order valence-electron chi connectivity index (χ3n) is 5.40. The lowest BCUT2D eigenvalue weighted by Gasteiger charge is -2.43. The molecule has 6 heteroatoms. The van der Waals surface area contributed by atoms with E-state index in [1.807, 2.05) is 60.0 Å². The maximum Gasteiger partial charge on any atom is 0.226 e. The van der Waals surface area contributed by atoms with Crippen LogP contribution in [0.25, 0.3) is 5.65 Å². The van der Waals surface area contributed by atoms with Crippen molar-refractivity contribution in [2.45, 2.75) is 31.4 Å². The first-order valence-corrected chi connectivity index (χ1v) is 9.27. The molecule has 1 aliphatic rings. The molecule has 0 radical (unpaired) electrons. The summed E-state index contributed by atoms with van der Waals surface area (Å²) in [6.45, 7) is 3.19. The highest BCUT2D eigenvalue weighted by molar-refractivity contribution is 5.79. The van der Waals surface area contributed by atoms with E-state index in [2.05, 4.69) is 15.6 Å². The zero-order valence-corrected chi connectivity index (χ0v) is 15.4. The van der Waals surface area contributed by atoms with E-state index in [9.17, 15) is 9.90 Å². The zero-order valence-electron chi connectivity index (χ0n) is 15.4. The quantitative estimate of drug-likeness (QED) is 0.656. The van der Waals surface area contributed by atoms with Gasteiger partial charge in [-0.3, -0.25) is 4.79 Å². The number of β-amino-alcohol motifs (C(OH)–C–C–N with tert-alkyl or cyclic N) is 1. The molecule has 2 aromatic heterocycles. The molecule has 3 N–H and O–H groups in total. The Morgan fingerprint density at radius 1 is 1.33 bits per heavy atom. The molecular formula is C21H24N4O2. The molecule has 1 aliphatic heterocycles. The average molecular weight is 364 g/mol. The molecule has 3 aromatic rings. The van der Waals surface area contributed by atoms with E-state index in [0.29, 0.717) is 13.0 Å². The van der Waals surface area contributed by atoms with Gasteiger partial charge < -0.3 is 20.1 Å². The van der Waals surface area contributed by atoms with Gasteiger partial charge >= 0.3 is 0 Å². The molecule has 1 amide bonds. The summed E-state index contributed by atoms with van der Waals surface area (Å²) in [6.07, 6.45) is 3.82. The van der Waals surface area contributed by atoms with Crippen molar-refractivity contribution in [3.05, 3.63) is 71.7 Å². The van der Waals surface area contributed by atoms with Crippen LogP contribution < -0.4 is 10.6 Å². The van der Waals surface area contributed by atoms with Crippen LogP contribution in [0, 0.1) is 6.92 Å². The molecule has 6 nitrogen and oxygen atoms in total. The molecule has 0 aliphatic carbocycles. The highest BCUT2D eigenvalue weighted by Gasteiger charge is 2.42. The number of carbonyl (C=O) groups is 1. The molecule has 0 bridgehead atoms. The predicted octanol–water partition coefficient (Wildman–Crippen LogP) is 1.55. The van der Waals surface area contributed by atoms with Crippen molar-refractivity contribution < 1.29 is 9.90 Å². The second-order valence-corrected chi connectivity index (χ2v) is 7.17. The van der Waals surface area contributed by atoms with Crippen LogP contribution >= 0.6 is 0 Å². The summed E-state index contributed by atoms with van der Waals surface area (Å²) in [7, 11) is 0. The lowest BCUT2D eigenvalue weighted by atomic mass is 9.79. The van der Waals surface area contributed by atoms with E-state index in [1.54, 1.807) is 6.20 Å². The molecule has 2 atom stereocenters. The largest absolute Gasteiger partial charge is 0.389 e. The number of nitrogens with one attached hydrogen (secondary N) is 2. The lowest BCUT2D eigenvalue weighted by Crippen LogP contribution is -2.61. The fourth-order valence-electron chi connectivity index (χ4n) is 3.95. The van der Waals surface area contributed by atoms with Crippen molar-refractivity contribution in [3.8, 4) is 0 Å². The van der Waals surface area contributed by atoms with E-state index < -0.39 is 11.6 Å². The Bertz CT molecular complexity index is 953. The minimum atomic E-state index is -0.778. The third kappa shape index (κ3) is 3.22. The standard InChI is InChI=1S/C21H24N4O2/c1-15-6-5-11-25-17(13-23-20(15)25)12-19(27)24-21(9-10-22-14-18(21)26)16-7-3-2-4-8-16/h2-8,11,13,18,22,26H,9-10,12,14H2,1H3,(H,24,27)/t18-,21+/m1/s1. The molecule has 4 rings (SSSR count). The summed E-state index contributed by atoms with van der Waals surface area (Å²) >= 11 is 0. The number of rotatable bonds is 4. The van der Waals surface area contributed by atoms with E-state index in [1.165, 1.54) is 0 Å². The number of fused-ring (bicyclic) bond motifs is 1. The Balaban J connectivity index is 1.61. The first kappa shape index (κ1) is 17.7. The number of amides is 1. The molecular weight excluding hydrogens is 340 g/mol. The highest BCUT2D eigenvalue weighted by atomic mass is 16.3. The summed E-state index contributed by atoms with van der Waals surface area (Å²) in [5.41, 5.74) is 2.91. The smallest absolute Gasteiger partial charge is 0.226 e. The van der Waals surface area contributed by atoms with Gasteiger partial charge in [0.05, 0.1) is 23.8 Å². The Hall–Kier alpha value is -2.70. The van der Waals surface area contributed by atoms with Crippen LogP contribution in [-0.4, -0.2) is 39.6 Å². The number of benzene rings is 1. The van der Waals surface area contributed by atoms with E-state index in [4.69, 9.17) is 0 Å². The van der Waals surface area contributed by atoms with Crippen LogP contribution in [0.1, 0.15) is 23.2 Å². The molecule has 0 spiro atoms. The summed E-state index contributed by atoms with van der Waals surface area (Å²) in [6, 6.07) is 13.7. The highest BCUT2D eigenvalue weighted by Crippen LogP contribution is 2.31. The van der Waals surface area contributed by atoms with Gasteiger partial charge in [0.1, 0.15) is 5.65 Å². The van der Waals surface area contributed by atoms with Gasteiger partial charge in [-0.05, 0) is 37.1 Å².